The van der Waals surface area contributed by atoms with Crippen LogP contribution in [0.5, 0.6) is 0 Å². The van der Waals surface area contributed by atoms with Crippen LogP contribution in [0.25, 0.3) is 0 Å². The molecule has 0 aliphatic carbocycles. The molecule has 116 valence electrons. The Morgan fingerprint density at radius 2 is 1.26 bits per heavy atom. The lowest BCUT2D eigenvalue weighted by atomic mass is 10.0. The maximum Gasteiger partial charge on any atom is 0.111 e. The third kappa shape index (κ3) is 7.72. The Labute approximate surface area is 111 Å². The molecule has 4 atom stereocenters. The minimum atomic E-state index is -1.67. The van der Waals surface area contributed by atoms with Gasteiger partial charge in [-0.3, -0.25) is 5.84 Å². The van der Waals surface area contributed by atoms with Crippen molar-refractivity contribution in [2.75, 3.05) is 39.5 Å². The minimum Gasteiger partial charge on any atom is -0.394 e. The summed E-state index contributed by atoms with van der Waals surface area (Å²) in [7, 11) is 0. The lowest BCUT2D eigenvalue weighted by molar-refractivity contribution is -0.123. The van der Waals surface area contributed by atoms with E-state index in [2.05, 4.69) is 0 Å². The first-order valence-corrected chi connectivity index (χ1v) is 5.95. The average molecular weight is 284 g/mol. The molecule has 1 rings (SSSR count). The first-order chi connectivity index (χ1) is 8.93. The Balaban J connectivity index is 0.000000388. The van der Waals surface area contributed by atoms with E-state index in [1.165, 1.54) is 0 Å². The highest BCUT2D eigenvalue weighted by Gasteiger charge is 2.29. The summed E-state index contributed by atoms with van der Waals surface area (Å²) in [4.78, 5) is 0. The van der Waals surface area contributed by atoms with Crippen molar-refractivity contribution in [1.29, 1.82) is 0 Å². The standard InChI is InChI=1S/C6H14O6.C4H10N2O/c7-1-3(9)5(11)6(12)4(10)2-8;5-6-1-3-7-4-2-6/h3-12H,1-2H2;1-5H2/t3-,4+,5-,6-;/m1./s1. The van der Waals surface area contributed by atoms with Gasteiger partial charge in [-0.25, -0.2) is 5.01 Å². The number of ether oxygens (including phenoxy) is 1. The topological polar surface area (TPSA) is 160 Å². The molecule has 1 aliphatic rings. The van der Waals surface area contributed by atoms with Crippen molar-refractivity contribution in [2.45, 2.75) is 24.4 Å². The molecule has 1 aliphatic heterocycles. The summed E-state index contributed by atoms with van der Waals surface area (Å²) in [6.07, 6.45) is -6.39. The third-order valence-corrected chi connectivity index (χ3v) is 2.56. The predicted octanol–water partition coefficient (Wildman–Crippen LogP) is -4.39. The highest BCUT2D eigenvalue weighted by Crippen LogP contribution is 2.04. The van der Waals surface area contributed by atoms with Gasteiger partial charge in [-0.05, 0) is 0 Å². The summed E-state index contributed by atoms with van der Waals surface area (Å²) in [5.74, 6) is 5.39. The fourth-order valence-electron chi connectivity index (χ4n) is 1.25. The van der Waals surface area contributed by atoms with Crippen LogP contribution in [0.2, 0.25) is 0 Å². The number of nitrogens with two attached hydrogens (primary N) is 1. The van der Waals surface area contributed by atoms with Crippen LogP contribution in [0.15, 0.2) is 0 Å². The van der Waals surface area contributed by atoms with Gasteiger partial charge >= 0.3 is 0 Å². The molecule has 19 heavy (non-hydrogen) atoms. The van der Waals surface area contributed by atoms with Gasteiger partial charge in [-0.2, -0.15) is 0 Å². The minimum absolute atomic E-state index is 0.726. The Bertz CT molecular complexity index is 202. The number of hydrogen-bond acceptors (Lipinski definition) is 9. The monoisotopic (exact) mass is 284 g/mol. The van der Waals surface area contributed by atoms with E-state index in [0.29, 0.717) is 0 Å². The van der Waals surface area contributed by atoms with Gasteiger partial charge in [0.15, 0.2) is 0 Å². The van der Waals surface area contributed by atoms with Crippen molar-refractivity contribution < 1.29 is 35.4 Å². The zero-order valence-electron chi connectivity index (χ0n) is 10.7. The molecule has 1 saturated heterocycles. The summed E-state index contributed by atoms with van der Waals surface area (Å²) in [6.45, 7) is 1.87. The van der Waals surface area contributed by atoms with E-state index in [1.807, 2.05) is 0 Å². The van der Waals surface area contributed by atoms with Crippen molar-refractivity contribution in [3.63, 3.8) is 0 Å². The SMILES string of the molecule is NN1CCOCC1.OC[C@@H](O)[C@@H](O)[C@H](O)[C@@H](O)CO. The fraction of sp³-hybridized carbons (Fsp3) is 1.00. The molecule has 8 N–H and O–H groups in total. The number of hydrazine groups is 1. The van der Waals surface area contributed by atoms with E-state index in [4.69, 9.17) is 41.2 Å². The number of aliphatic hydroxyl groups is 6. The average Bonchev–Trinajstić information content (AvgIpc) is 2.45. The smallest absolute Gasteiger partial charge is 0.111 e. The van der Waals surface area contributed by atoms with Crippen LogP contribution >= 0.6 is 0 Å². The van der Waals surface area contributed by atoms with Gasteiger partial charge in [0.05, 0.1) is 26.4 Å². The zero-order valence-corrected chi connectivity index (χ0v) is 10.7. The number of aliphatic hydroxyl groups excluding tert-OH is 6. The van der Waals surface area contributed by atoms with Crippen molar-refractivity contribution in [3.8, 4) is 0 Å². The molecule has 0 unspecified atom stereocenters. The molecule has 1 heterocycles. The Hall–Kier alpha value is -0.360. The molecule has 0 radical (unpaired) electrons. The molecule has 0 aromatic carbocycles. The number of nitrogens with zero attached hydrogens (tertiary/aromatic N) is 1. The molecule has 0 aromatic rings. The van der Waals surface area contributed by atoms with Crippen LogP contribution in [0.4, 0.5) is 0 Å². The lowest BCUT2D eigenvalue weighted by Crippen LogP contribution is -2.46. The van der Waals surface area contributed by atoms with Gasteiger partial charge in [0, 0.05) is 13.1 Å². The van der Waals surface area contributed by atoms with E-state index in [9.17, 15) is 0 Å². The second-order valence-electron chi connectivity index (χ2n) is 4.13. The Kier molecular flexibility index (Phi) is 10.2. The summed E-state index contributed by atoms with van der Waals surface area (Å²) in [5, 5.41) is 53.9. The Morgan fingerprint density at radius 1 is 0.895 bits per heavy atom. The van der Waals surface area contributed by atoms with Crippen molar-refractivity contribution in [2.24, 2.45) is 5.84 Å². The molecule has 0 spiro atoms. The van der Waals surface area contributed by atoms with Crippen LogP contribution in [0.1, 0.15) is 0 Å². The van der Waals surface area contributed by atoms with E-state index < -0.39 is 37.6 Å². The number of rotatable bonds is 5. The van der Waals surface area contributed by atoms with Gasteiger partial charge < -0.3 is 35.4 Å². The van der Waals surface area contributed by atoms with Crippen LogP contribution in [-0.4, -0.2) is 99.6 Å². The zero-order chi connectivity index (χ0) is 14.8. The molecule has 0 saturated carbocycles. The molecule has 0 bridgehead atoms. The van der Waals surface area contributed by atoms with Crippen molar-refractivity contribution in [3.05, 3.63) is 0 Å². The van der Waals surface area contributed by atoms with Gasteiger partial charge in [-0.1, -0.05) is 0 Å². The maximum atomic E-state index is 8.96. The van der Waals surface area contributed by atoms with Gasteiger partial charge in [0.1, 0.15) is 24.4 Å². The van der Waals surface area contributed by atoms with E-state index >= 15 is 0 Å². The van der Waals surface area contributed by atoms with Crippen LogP contribution in [0, 0.1) is 0 Å². The molecule has 1 fully saturated rings. The van der Waals surface area contributed by atoms with E-state index in [0.717, 1.165) is 26.3 Å². The highest BCUT2D eigenvalue weighted by molar-refractivity contribution is 4.79. The molecule has 0 amide bonds. The molecule has 9 heteroatoms. The molecular weight excluding hydrogens is 260 g/mol. The lowest BCUT2D eigenvalue weighted by Gasteiger charge is -2.24. The third-order valence-electron chi connectivity index (χ3n) is 2.56. The van der Waals surface area contributed by atoms with Crippen LogP contribution in [0.3, 0.4) is 0 Å². The molecular formula is C10H24N2O7. The second-order valence-corrected chi connectivity index (χ2v) is 4.13. The predicted molar refractivity (Wildman–Crippen MR) is 64.8 cm³/mol. The first-order valence-electron chi connectivity index (χ1n) is 5.95. The summed E-state index contributed by atoms with van der Waals surface area (Å²) in [5.41, 5.74) is 0. The largest absolute Gasteiger partial charge is 0.394 e. The van der Waals surface area contributed by atoms with Crippen LogP contribution in [-0.2, 0) is 4.74 Å². The first kappa shape index (κ1) is 18.6. The summed E-state index contributed by atoms with van der Waals surface area (Å²) >= 11 is 0. The van der Waals surface area contributed by atoms with E-state index in [1.54, 1.807) is 5.01 Å². The summed E-state index contributed by atoms with van der Waals surface area (Å²) < 4.78 is 5.02. The normalized spacial score (nSPS) is 22.9. The molecule has 0 aromatic heterocycles. The van der Waals surface area contributed by atoms with Crippen molar-refractivity contribution in [1.82, 2.24) is 5.01 Å². The van der Waals surface area contributed by atoms with Gasteiger partial charge in [0.2, 0.25) is 0 Å². The number of hydrogen-bond donors (Lipinski definition) is 7. The highest BCUT2D eigenvalue weighted by atomic mass is 16.5. The Morgan fingerprint density at radius 3 is 1.47 bits per heavy atom. The summed E-state index contributed by atoms with van der Waals surface area (Å²) in [6, 6.07) is 0. The van der Waals surface area contributed by atoms with Gasteiger partial charge in [-0.15, -0.1) is 0 Å². The van der Waals surface area contributed by atoms with Crippen molar-refractivity contribution >= 4 is 0 Å². The fourth-order valence-corrected chi connectivity index (χ4v) is 1.25. The maximum absolute atomic E-state index is 8.96. The second kappa shape index (κ2) is 10.4. The van der Waals surface area contributed by atoms with Crippen LogP contribution < -0.4 is 5.84 Å². The van der Waals surface area contributed by atoms with Gasteiger partial charge in [0.25, 0.3) is 0 Å². The van der Waals surface area contributed by atoms with E-state index in [-0.39, 0.29) is 0 Å². The molecule has 9 nitrogen and oxygen atoms in total. The quantitative estimate of drug-likeness (QED) is 0.247. The number of morpholine rings is 1.